The van der Waals surface area contributed by atoms with Gasteiger partial charge in [-0.2, -0.15) is 0 Å². The molecular weight excluding hydrogens is 376 g/mol. The van der Waals surface area contributed by atoms with Gasteiger partial charge < -0.3 is 9.64 Å². The lowest BCUT2D eigenvalue weighted by Crippen LogP contribution is -2.37. The fourth-order valence-corrected chi connectivity index (χ4v) is 3.59. The molecule has 0 fully saturated rings. The largest absolute Gasteiger partial charge is 0.465 e. The highest BCUT2D eigenvalue weighted by molar-refractivity contribution is 6.09. The molecule has 0 aromatic heterocycles. The Morgan fingerprint density at radius 2 is 1.72 bits per heavy atom. The van der Waals surface area contributed by atoms with Crippen molar-refractivity contribution in [2.75, 3.05) is 12.0 Å². The van der Waals surface area contributed by atoms with E-state index in [0.717, 1.165) is 11.6 Å². The van der Waals surface area contributed by atoms with Crippen LogP contribution in [0.15, 0.2) is 72.8 Å². The lowest BCUT2D eigenvalue weighted by molar-refractivity contribution is -0.127. The van der Waals surface area contributed by atoms with E-state index in [-0.39, 0.29) is 23.2 Å². The number of benzene rings is 3. The van der Waals surface area contributed by atoms with Crippen molar-refractivity contribution in [3.05, 3.63) is 101 Å². The molecule has 0 aliphatic carbocycles. The second-order valence-electron chi connectivity index (χ2n) is 6.77. The van der Waals surface area contributed by atoms with Crippen molar-refractivity contribution in [3.8, 4) is 0 Å². The van der Waals surface area contributed by atoms with Gasteiger partial charge >= 0.3 is 5.97 Å². The van der Waals surface area contributed by atoms with Gasteiger partial charge in [-0.05, 0) is 35.9 Å². The van der Waals surface area contributed by atoms with E-state index in [1.165, 1.54) is 48.4 Å². The number of hydrogen-bond donors (Lipinski definition) is 0. The zero-order valence-corrected chi connectivity index (χ0v) is 15.6. The van der Waals surface area contributed by atoms with Gasteiger partial charge in [-0.1, -0.05) is 42.5 Å². The van der Waals surface area contributed by atoms with Crippen molar-refractivity contribution < 1.29 is 23.1 Å². The summed E-state index contributed by atoms with van der Waals surface area (Å²) in [6.45, 7) is 0.157. The van der Waals surface area contributed by atoms with Crippen molar-refractivity contribution >= 4 is 17.6 Å². The standard InChI is InChI=1S/C23H17F2NO3/c1-29-21(27)16-7-9-17(10-8-16)23(25)19-13-18(24)11-12-20(19)26(22(23)28)14-15-5-3-2-4-6-15/h2-13H,14H2,1H3/t23-/m1/s1. The van der Waals surface area contributed by atoms with E-state index in [1.54, 1.807) is 0 Å². The molecule has 1 aliphatic heterocycles. The summed E-state index contributed by atoms with van der Waals surface area (Å²) < 4.78 is 34.9. The lowest BCUT2D eigenvalue weighted by Gasteiger charge is -2.22. The average Bonchev–Trinajstić information content (AvgIpc) is 2.96. The van der Waals surface area contributed by atoms with Crippen molar-refractivity contribution in [2.45, 2.75) is 12.2 Å². The summed E-state index contributed by atoms with van der Waals surface area (Å²) in [7, 11) is 1.24. The second kappa shape index (κ2) is 7.13. The van der Waals surface area contributed by atoms with Crippen molar-refractivity contribution in [2.24, 2.45) is 0 Å². The molecule has 0 spiro atoms. The predicted octanol–water partition coefficient (Wildman–Crippen LogP) is 4.37. The van der Waals surface area contributed by atoms with Gasteiger partial charge in [0.15, 0.2) is 0 Å². The Bertz CT molecular complexity index is 1080. The quantitative estimate of drug-likeness (QED) is 0.619. The van der Waals surface area contributed by atoms with Gasteiger partial charge in [0.05, 0.1) is 24.9 Å². The van der Waals surface area contributed by atoms with Crippen molar-refractivity contribution in [3.63, 3.8) is 0 Å². The predicted molar refractivity (Wildman–Crippen MR) is 104 cm³/mol. The number of methoxy groups -OCH3 is 1. The third-order valence-electron chi connectivity index (χ3n) is 5.05. The summed E-state index contributed by atoms with van der Waals surface area (Å²) in [5, 5.41) is 0. The first-order valence-corrected chi connectivity index (χ1v) is 8.99. The van der Waals surface area contributed by atoms with Crippen LogP contribution < -0.4 is 4.90 Å². The minimum atomic E-state index is -2.55. The molecule has 3 aromatic rings. The van der Waals surface area contributed by atoms with Crippen LogP contribution in [0.2, 0.25) is 0 Å². The van der Waals surface area contributed by atoms with E-state index in [2.05, 4.69) is 4.74 Å². The van der Waals surface area contributed by atoms with Crippen LogP contribution in [0.1, 0.15) is 27.0 Å². The van der Waals surface area contributed by atoms with Crippen LogP contribution in [0.25, 0.3) is 0 Å². The number of carbonyl (C=O) groups is 2. The van der Waals surface area contributed by atoms with E-state index >= 15 is 4.39 Å². The van der Waals surface area contributed by atoms with Gasteiger partial charge in [-0.3, -0.25) is 4.79 Å². The highest BCUT2D eigenvalue weighted by Crippen LogP contribution is 2.48. The molecule has 0 bridgehead atoms. The number of anilines is 1. The minimum absolute atomic E-state index is 0.0255. The van der Waals surface area contributed by atoms with E-state index in [1.807, 2.05) is 30.3 Å². The Balaban J connectivity index is 1.80. The van der Waals surface area contributed by atoms with Crippen molar-refractivity contribution in [1.82, 2.24) is 0 Å². The van der Waals surface area contributed by atoms with Crippen molar-refractivity contribution in [1.29, 1.82) is 0 Å². The maximum absolute atomic E-state index is 16.3. The Morgan fingerprint density at radius 1 is 1.03 bits per heavy atom. The number of amides is 1. The van der Waals surface area contributed by atoms with Gasteiger partial charge in [0.25, 0.3) is 5.91 Å². The number of nitrogens with zero attached hydrogens (tertiary/aromatic N) is 1. The minimum Gasteiger partial charge on any atom is -0.465 e. The van der Waals surface area contributed by atoms with Crippen LogP contribution in [0.4, 0.5) is 14.5 Å². The summed E-state index contributed by atoms with van der Waals surface area (Å²) >= 11 is 0. The Hall–Kier alpha value is -3.54. The number of carbonyl (C=O) groups excluding carboxylic acids is 2. The Kier molecular flexibility index (Phi) is 4.62. The van der Waals surface area contributed by atoms with Crippen LogP contribution in [0, 0.1) is 5.82 Å². The zero-order chi connectivity index (χ0) is 20.6. The van der Waals surface area contributed by atoms with Gasteiger partial charge in [0, 0.05) is 11.1 Å². The SMILES string of the molecule is COC(=O)c1ccc([C@]2(F)C(=O)N(Cc3ccccc3)c3ccc(F)cc32)cc1. The van der Waals surface area contributed by atoms with E-state index in [4.69, 9.17) is 0 Å². The van der Waals surface area contributed by atoms with Gasteiger partial charge in [-0.15, -0.1) is 0 Å². The highest BCUT2D eigenvalue weighted by Gasteiger charge is 2.53. The normalized spacial score (nSPS) is 17.9. The number of ether oxygens (including phenoxy) is 1. The molecule has 0 unspecified atom stereocenters. The fraction of sp³-hybridized carbons (Fsp3) is 0.130. The molecule has 29 heavy (non-hydrogen) atoms. The smallest absolute Gasteiger partial charge is 0.337 e. The number of halogens is 2. The van der Waals surface area contributed by atoms with Crippen LogP contribution in [0.5, 0.6) is 0 Å². The third-order valence-corrected chi connectivity index (χ3v) is 5.05. The summed E-state index contributed by atoms with van der Waals surface area (Å²) in [6, 6.07) is 18.3. The Morgan fingerprint density at radius 3 is 2.38 bits per heavy atom. The van der Waals surface area contributed by atoms with E-state index in [9.17, 15) is 14.0 Å². The summed E-state index contributed by atoms with van der Waals surface area (Å²) in [5.74, 6) is -2.00. The number of hydrogen-bond acceptors (Lipinski definition) is 3. The fourth-order valence-electron chi connectivity index (χ4n) is 3.59. The Labute approximate surface area is 166 Å². The summed E-state index contributed by atoms with van der Waals surface area (Å²) in [6.07, 6.45) is 0. The molecule has 0 saturated heterocycles. The first-order valence-electron chi connectivity index (χ1n) is 8.99. The number of alkyl halides is 1. The topological polar surface area (TPSA) is 46.6 Å². The molecule has 4 rings (SSSR count). The van der Waals surface area contributed by atoms with E-state index < -0.39 is 23.4 Å². The molecule has 4 nitrogen and oxygen atoms in total. The van der Waals surface area contributed by atoms with Gasteiger partial charge in [-0.25, -0.2) is 13.6 Å². The monoisotopic (exact) mass is 393 g/mol. The van der Waals surface area contributed by atoms with Crippen LogP contribution in [-0.4, -0.2) is 19.0 Å². The average molecular weight is 393 g/mol. The number of rotatable bonds is 4. The maximum atomic E-state index is 16.3. The zero-order valence-electron chi connectivity index (χ0n) is 15.6. The van der Waals surface area contributed by atoms with Gasteiger partial charge in [0.1, 0.15) is 5.82 Å². The third kappa shape index (κ3) is 3.06. The first kappa shape index (κ1) is 18.8. The van der Waals surface area contributed by atoms with Crippen LogP contribution in [-0.2, 0) is 21.7 Å². The molecule has 3 aromatic carbocycles. The number of fused-ring (bicyclic) bond motifs is 1. The van der Waals surface area contributed by atoms with Crippen LogP contribution in [0.3, 0.4) is 0 Å². The van der Waals surface area contributed by atoms with Crippen LogP contribution >= 0.6 is 0 Å². The molecule has 1 aliphatic rings. The molecule has 0 radical (unpaired) electrons. The molecule has 0 N–H and O–H groups in total. The highest BCUT2D eigenvalue weighted by atomic mass is 19.1. The van der Waals surface area contributed by atoms with E-state index in [0.29, 0.717) is 5.69 Å². The molecule has 146 valence electrons. The summed E-state index contributed by atoms with van der Waals surface area (Å²) in [4.78, 5) is 26.2. The first-order chi connectivity index (χ1) is 13.9. The maximum Gasteiger partial charge on any atom is 0.337 e. The van der Waals surface area contributed by atoms with Gasteiger partial charge in [0.2, 0.25) is 5.67 Å². The number of esters is 1. The second-order valence-corrected chi connectivity index (χ2v) is 6.77. The summed E-state index contributed by atoms with van der Waals surface area (Å²) in [5.41, 5.74) is -1.21. The molecule has 6 heteroatoms. The molecule has 1 atom stereocenters. The molecular formula is C23H17F2NO3. The molecule has 1 amide bonds. The lowest BCUT2D eigenvalue weighted by atomic mass is 9.88. The molecule has 1 heterocycles. The molecule has 0 saturated carbocycles.